The van der Waals surface area contributed by atoms with Crippen molar-refractivity contribution in [1.29, 1.82) is 0 Å². The number of carbonyl (C=O) groups excluding carboxylic acids is 1. The van der Waals surface area contributed by atoms with Crippen molar-refractivity contribution in [3.8, 4) is 11.5 Å². The normalized spacial score (nSPS) is 14.1. The second-order valence-electron chi connectivity index (χ2n) is 5.47. The Bertz CT molecular complexity index is 493. The summed E-state index contributed by atoms with van der Waals surface area (Å²) in [4.78, 5) is 12.7. The fourth-order valence-electron chi connectivity index (χ4n) is 2.70. The summed E-state index contributed by atoms with van der Waals surface area (Å²) in [5, 5.41) is 0.460. The van der Waals surface area contributed by atoms with E-state index in [0.29, 0.717) is 35.3 Å². The van der Waals surface area contributed by atoms with Crippen LogP contribution in [0.5, 0.6) is 11.5 Å². The van der Waals surface area contributed by atoms with Gasteiger partial charge in [0.05, 0.1) is 18.2 Å². The minimum Gasteiger partial charge on any atom is -0.490 e. The molecule has 1 aliphatic heterocycles. The maximum Gasteiger partial charge on any atom is 0.167 e. The molecule has 1 aromatic carbocycles. The first-order chi connectivity index (χ1) is 10.2. The van der Waals surface area contributed by atoms with Crippen molar-refractivity contribution in [2.75, 3.05) is 13.2 Å². The smallest absolute Gasteiger partial charge is 0.167 e. The van der Waals surface area contributed by atoms with E-state index >= 15 is 0 Å². The molecule has 4 heteroatoms. The Morgan fingerprint density at radius 1 is 1.14 bits per heavy atom. The lowest BCUT2D eigenvalue weighted by Crippen LogP contribution is -2.15. The quantitative estimate of drug-likeness (QED) is 0.701. The summed E-state index contributed by atoms with van der Waals surface area (Å²) >= 11 is 6.30. The molecule has 21 heavy (non-hydrogen) atoms. The number of hydrogen-bond donors (Lipinski definition) is 0. The van der Waals surface area contributed by atoms with Gasteiger partial charge in [0.2, 0.25) is 0 Å². The second kappa shape index (κ2) is 7.69. The van der Waals surface area contributed by atoms with E-state index in [1.807, 2.05) is 0 Å². The Hall–Kier alpha value is -1.22. The molecule has 0 saturated heterocycles. The van der Waals surface area contributed by atoms with Gasteiger partial charge in [0.15, 0.2) is 17.3 Å². The SMILES string of the molecule is CCCC(CCC)C(=O)c1cc2c(cc1Cl)OCCCO2. The van der Waals surface area contributed by atoms with Gasteiger partial charge in [-0.2, -0.15) is 0 Å². The van der Waals surface area contributed by atoms with Crippen molar-refractivity contribution >= 4 is 17.4 Å². The standard InChI is InChI=1S/C17H23ClO3/c1-3-6-12(7-4-2)17(19)13-10-15-16(11-14(13)18)21-9-5-8-20-15/h10-12H,3-9H2,1-2H3. The van der Waals surface area contributed by atoms with E-state index in [1.54, 1.807) is 12.1 Å². The monoisotopic (exact) mass is 310 g/mol. The van der Waals surface area contributed by atoms with Gasteiger partial charge < -0.3 is 9.47 Å². The zero-order chi connectivity index (χ0) is 15.2. The molecule has 116 valence electrons. The first kappa shape index (κ1) is 16.2. The average molecular weight is 311 g/mol. The molecule has 0 aromatic heterocycles. The fourth-order valence-corrected chi connectivity index (χ4v) is 2.94. The number of hydrogen-bond acceptors (Lipinski definition) is 3. The summed E-state index contributed by atoms with van der Waals surface area (Å²) in [7, 11) is 0. The number of rotatable bonds is 6. The van der Waals surface area contributed by atoms with E-state index in [0.717, 1.165) is 32.1 Å². The molecule has 0 fully saturated rings. The molecular formula is C17H23ClO3. The van der Waals surface area contributed by atoms with Crippen LogP contribution in [0.1, 0.15) is 56.3 Å². The molecule has 0 spiro atoms. The maximum absolute atomic E-state index is 12.7. The predicted molar refractivity (Wildman–Crippen MR) is 84.7 cm³/mol. The van der Waals surface area contributed by atoms with E-state index in [-0.39, 0.29) is 11.7 Å². The van der Waals surface area contributed by atoms with E-state index in [4.69, 9.17) is 21.1 Å². The Morgan fingerprint density at radius 3 is 2.29 bits per heavy atom. The molecule has 1 aliphatic rings. The van der Waals surface area contributed by atoms with Crippen molar-refractivity contribution in [3.05, 3.63) is 22.7 Å². The van der Waals surface area contributed by atoms with Crippen LogP contribution in [0.3, 0.4) is 0 Å². The minimum atomic E-state index is 0.0437. The molecular weight excluding hydrogens is 288 g/mol. The van der Waals surface area contributed by atoms with Crippen molar-refractivity contribution in [1.82, 2.24) is 0 Å². The van der Waals surface area contributed by atoms with Gasteiger partial charge in [-0.1, -0.05) is 38.3 Å². The third-order valence-electron chi connectivity index (χ3n) is 3.75. The Kier molecular flexibility index (Phi) is 5.92. The van der Waals surface area contributed by atoms with Gasteiger partial charge in [-0.15, -0.1) is 0 Å². The van der Waals surface area contributed by atoms with Crippen LogP contribution in [0, 0.1) is 5.92 Å². The lowest BCUT2D eigenvalue weighted by atomic mass is 9.89. The summed E-state index contributed by atoms with van der Waals surface area (Å²) in [6.07, 6.45) is 4.63. The molecule has 0 atom stereocenters. The summed E-state index contributed by atoms with van der Waals surface area (Å²) in [5.74, 6) is 1.44. The van der Waals surface area contributed by atoms with Crippen LogP contribution >= 0.6 is 11.6 Å². The molecule has 0 bridgehead atoms. The number of fused-ring (bicyclic) bond motifs is 1. The van der Waals surface area contributed by atoms with E-state index in [2.05, 4.69) is 13.8 Å². The highest BCUT2D eigenvalue weighted by Crippen LogP contribution is 2.36. The summed E-state index contributed by atoms with van der Waals surface area (Å²) in [5.41, 5.74) is 0.563. The second-order valence-corrected chi connectivity index (χ2v) is 5.87. The molecule has 0 aliphatic carbocycles. The number of Topliss-reactive ketones (excluding diaryl/α,β-unsaturated/α-hetero) is 1. The number of ether oxygens (including phenoxy) is 2. The van der Waals surface area contributed by atoms with Crippen LogP contribution in [-0.2, 0) is 0 Å². The zero-order valence-corrected chi connectivity index (χ0v) is 13.5. The zero-order valence-electron chi connectivity index (χ0n) is 12.8. The largest absolute Gasteiger partial charge is 0.490 e. The number of ketones is 1. The number of benzene rings is 1. The Labute approximate surface area is 131 Å². The summed E-state index contributed by atoms with van der Waals surface area (Å²) in [6, 6.07) is 3.47. The van der Waals surface area contributed by atoms with Crippen molar-refractivity contribution in [2.24, 2.45) is 5.92 Å². The van der Waals surface area contributed by atoms with Gasteiger partial charge in [-0.25, -0.2) is 0 Å². The van der Waals surface area contributed by atoms with Gasteiger partial charge in [-0.05, 0) is 18.9 Å². The molecule has 0 radical (unpaired) electrons. The van der Waals surface area contributed by atoms with Gasteiger partial charge in [0, 0.05) is 24.0 Å². The topological polar surface area (TPSA) is 35.5 Å². The molecule has 0 amide bonds. The summed E-state index contributed by atoms with van der Waals surface area (Å²) < 4.78 is 11.3. The molecule has 1 aromatic rings. The van der Waals surface area contributed by atoms with E-state index in [1.165, 1.54) is 0 Å². The lowest BCUT2D eigenvalue weighted by Gasteiger charge is -2.16. The average Bonchev–Trinajstić information content (AvgIpc) is 2.70. The van der Waals surface area contributed by atoms with E-state index < -0.39 is 0 Å². The van der Waals surface area contributed by atoms with Crippen LogP contribution in [0.2, 0.25) is 5.02 Å². The molecule has 0 N–H and O–H groups in total. The highest BCUT2D eigenvalue weighted by atomic mass is 35.5. The predicted octanol–water partition coefficient (Wildman–Crippen LogP) is 4.90. The van der Waals surface area contributed by atoms with Crippen LogP contribution in [0.4, 0.5) is 0 Å². The van der Waals surface area contributed by atoms with Crippen molar-refractivity contribution in [3.63, 3.8) is 0 Å². The third-order valence-corrected chi connectivity index (χ3v) is 4.06. The van der Waals surface area contributed by atoms with Crippen LogP contribution in [0.15, 0.2) is 12.1 Å². The van der Waals surface area contributed by atoms with Gasteiger partial charge >= 0.3 is 0 Å². The molecule has 2 rings (SSSR count). The van der Waals surface area contributed by atoms with Crippen molar-refractivity contribution in [2.45, 2.75) is 46.0 Å². The van der Waals surface area contributed by atoms with Crippen LogP contribution < -0.4 is 9.47 Å². The number of halogens is 1. The molecule has 3 nitrogen and oxygen atoms in total. The fraction of sp³-hybridized carbons (Fsp3) is 0.588. The minimum absolute atomic E-state index is 0.0437. The molecule has 0 unspecified atom stereocenters. The van der Waals surface area contributed by atoms with Gasteiger partial charge in [-0.3, -0.25) is 4.79 Å². The third kappa shape index (κ3) is 3.91. The summed E-state index contributed by atoms with van der Waals surface area (Å²) in [6.45, 7) is 5.43. The highest BCUT2D eigenvalue weighted by molar-refractivity contribution is 6.34. The van der Waals surface area contributed by atoms with Gasteiger partial charge in [0.1, 0.15) is 0 Å². The molecule has 0 saturated carbocycles. The van der Waals surface area contributed by atoms with Gasteiger partial charge in [0.25, 0.3) is 0 Å². The first-order valence-electron chi connectivity index (χ1n) is 7.80. The van der Waals surface area contributed by atoms with Crippen molar-refractivity contribution < 1.29 is 14.3 Å². The van der Waals surface area contributed by atoms with Crippen LogP contribution in [-0.4, -0.2) is 19.0 Å². The molecule has 1 heterocycles. The maximum atomic E-state index is 12.7. The van der Waals surface area contributed by atoms with E-state index in [9.17, 15) is 4.79 Å². The van der Waals surface area contributed by atoms with Crippen LogP contribution in [0.25, 0.3) is 0 Å². The first-order valence-corrected chi connectivity index (χ1v) is 8.18. The highest BCUT2D eigenvalue weighted by Gasteiger charge is 2.23. The Morgan fingerprint density at radius 2 is 1.71 bits per heavy atom. The Balaban J connectivity index is 2.29. The number of carbonyl (C=O) groups is 1. The lowest BCUT2D eigenvalue weighted by molar-refractivity contribution is 0.0904.